The standard InChI is InChI=1S/C17H21BrN2OS/c18-14-5-6-16(21)13(10-14)11-19-12-15(17-4-3-9-22-17)20-7-1-2-8-20/h3-6,9-10,15,19,21H,1-2,7-8,11-12H2/t15-/m1/s1. The van der Waals surface area contributed by atoms with E-state index in [1.807, 2.05) is 23.5 Å². The molecule has 1 aliphatic heterocycles. The number of phenols is 1. The van der Waals surface area contributed by atoms with E-state index in [4.69, 9.17) is 0 Å². The van der Waals surface area contributed by atoms with Crippen LogP contribution in [0.15, 0.2) is 40.2 Å². The molecule has 0 radical (unpaired) electrons. The third-order valence-electron chi connectivity index (χ3n) is 4.15. The van der Waals surface area contributed by atoms with Crippen LogP contribution in [0, 0.1) is 0 Å². The van der Waals surface area contributed by atoms with E-state index in [1.165, 1.54) is 30.8 Å². The summed E-state index contributed by atoms with van der Waals surface area (Å²) in [5, 5.41) is 15.6. The molecule has 5 heteroatoms. The summed E-state index contributed by atoms with van der Waals surface area (Å²) in [6.45, 7) is 3.96. The van der Waals surface area contributed by atoms with Crippen molar-refractivity contribution in [3.8, 4) is 5.75 Å². The number of rotatable bonds is 6. The van der Waals surface area contributed by atoms with Crippen LogP contribution < -0.4 is 5.32 Å². The first-order valence-electron chi connectivity index (χ1n) is 7.69. The van der Waals surface area contributed by atoms with E-state index >= 15 is 0 Å². The Bertz CT molecular complexity index is 597. The molecule has 0 saturated carbocycles. The number of hydrogen-bond acceptors (Lipinski definition) is 4. The van der Waals surface area contributed by atoms with Crippen LogP contribution >= 0.6 is 27.3 Å². The highest BCUT2D eigenvalue weighted by Crippen LogP contribution is 2.28. The molecule has 1 saturated heterocycles. The highest BCUT2D eigenvalue weighted by Gasteiger charge is 2.23. The molecular weight excluding hydrogens is 360 g/mol. The van der Waals surface area contributed by atoms with E-state index in [1.54, 1.807) is 6.07 Å². The van der Waals surface area contributed by atoms with Gasteiger partial charge in [0.2, 0.25) is 0 Å². The summed E-state index contributed by atoms with van der Waals surface area (Å²) in [4.78, 5) is 3.99. The molecule has 2 heterocycles. The van der Waals surface area contributed by atoms with Crippen LogP contribution in [0.4, 0.5) is 0 Å². The fraction of sp³-hybridized carbons (Fsp3) is 0.412. The summed E-state index contributed by atoms with van der Waals surface area (Å²) >= 11 is 5.29. The quantitative estimate of drug-likeness (QED) is 0.790. The summed E-state index contributed by atoms with van der Waals surface area (Å²) in [5.74, 6) is 0.351. The van der Waals surface area contributed by atoms with Crippen LogP contribution in [0.5, 0.6) is 5.75 Å². The van der Waals surface area contributed by atoms with Crippen LogP contribution in [0.3, 0.4) is 0 Å². The third kappa shape index (κ3) is 3.90. The van der Waals surface area contributed by atoms with Crippen LogP contribution in [-0.2, 0) is 6.54 Å². The SMILES string of the molecule is Oc1ccc(Br)cc1CNC[C@H](c1cccs1)N1CCCC1. The zero-order valence-electron chi connectivity index (χ0n) is 12.5. The second kappa shape index (κ2) is 7.59. The Hall–Kier alpha value is -0.880. The molecule has 22 heavy (non-hydrogen) atoms. The Labute approximate surface area is 144 Å². The molecule has 1 fully saturated rings. The molecule has 0 aliphatic carbocycles. The second-order valence-electron chi connectivity index (χ2n) is 5.68. The van der Waals surface area contributed by atoms with Crippen molar-refractivity contribution in [3.63, 3.8) is 0 Å². The van der Waals surface area contributed by atoms with Gasteiger partial charge >= 0.3 is 0 Å². The van der Waals surface area contributed by atoms with Gasteiger partial charge in [-0.05, 0) is 55.6 Å². The molecule has 0 amide bonds. The van der Waals surface area contributed by atoms with Gasteiger partial charge in [0.15, 0.2) is 0 Å². The zero-order valence-corrected chi connectivity index (χ0v) is 14.9. The molecule has 3 rings (SSSR count). The third-order valence-corrected chi connectivity index (χ3v) is 5.61. The van der Waals surface area contributed by atoms with E-state index in [-0.39, 0.29) is 0 Å². The zero-order chi connectivity index (χ0) is 15.4. The summed E-state index contributed by atoms with van der Waals surface area (Å²) in [5.41, 5.74) is 0.931. The normalized spacial score (nSPS) is 17.0. The topological polar surface area (TPSA) is 35.5 Å². The van der Waals surface area contributed by atoms with Crippen molar-refractivity contribution in [2.24, 2.45) is 0 Å². The average Bonchev–Trinajstić information content (AvgIpc) is 3.20. The van der Waals surface area contributed by atoms with Gasteiger partial charge in [0.1, 0.15) is 5.75 Å². The van der Waals surface area contributed by atoms with Crippen molar-refractivity contribution in [2.45, 2.75) is 25.4 Å². The van der Waals surface area contributed by atoms with Crippen molar-refractivity contribution >= 4 is 27.3 Å². The van der Waals surface area contributed by atoms with Gasteiger partial charge in [-0.2, -0.15) is 0 Å². The predicted molar refractivity (Wildman–Crippen MR) is 95.4 cm³/mol. The molecule has 1 aliphatic rings. The van der Waals surface area contributed by atoms with Crippen LogP contribution in [0.1, 0.15) is 29.3 Å². The molecule has 1 aromatic carbocycles. The van der Waals surface area contributed by atoms with Crippen molar-refractivity contribution < 1.29 is 5.11 Å². The minimum Gasteiger partial charge on any atom is -0.508 e. The summed E-state index contributed by atoms with van der Waals surface area (Å²) in [6.07, 6.45) is 2.60. The molecule has 0 unspecified atom stereocenters. The van der Waals surface area contributed by atoms with Gasteiger partial charge < -0.3 is 10.4 Å². The van der Waals surface area contributed by atoms with Crippen molar-refractivity contribution in [1.82, 2.24) is 10.2 Å². The minimum atomic E-state index is 0.351. The average molecular weight is 381 g/mol. The van der Waals surface area contributed by atoms with E-state index in [9.17, 15) is 5.11 Å². The fourth-order valence-electron chi connectivity index (χ4n) is 2.98. The highest BCUT2D eigenvalue weighted by molar-refractivity contribution is 9.10. The van der Waals surface area contributed by atoms with Crippen molar-refractivity contribution in [2.75, 3.05) is 19.6 Å². The lowest BCUT2D eigenvalue weighted by atomic mass is 10.1. The fourth-order valence-corrected chi connectivity index (χ4v) is 4.25. The maximum Gasteiger partial charge on any atom is 0.120 e. The van der Waals surface area contributed by atoms with Gasteiger partial charge in [0.05, 0.1) is 6.04 Å². The van der Waals surface area contributed by atoms with Crippen LogP contribution in [0.2, 0.25) is 0 Å². The van der Waals surface area contributed by atoms with Crippen molar-refractivity contribution in [3.05, 3.63) is 50.6 Å². The number of phenolic OH excluding ortho intramolecular Hbond substituents is 1. The Morgan fingerprint density at radius 3 is 2.82 bits per heavy atom. The van der Waals surface area contributed by atoms with Gasteiger partial charge in [0.25, 0.3) is 0 Å². The van der Waals surface area contributed by atoms with Gasteiger partial charge in [-0.25, -0.2) is 0 Å². The van der Waals surface area contributed by atoms with Crippen LogP contribution in [-0.4, -0.2) is 29.6 Å². The smallest absolute Gasteiger partial charge is 0.120 e. The molecule has 3 nitrogen and oxygen atoms in total. The molecule has 2 aromatic rings. The molecular formula is C17H21BrN2OS. The van der Waals surface area contributed by atoms with Crippen LogP contribution in [0.25, 0.3) is 0 Å². The number of nitrogens with one attached hydrogen (secondary N) is 1. The molecule has 0 spiro atoms. The number of halogens is 1. The number of aromatic hydroxyl groups is 1. The molecule has 2 N–H and O–H groups in total. The largest absolute Gasteiger partial charge is 0.508 e. The molecule has 118 valence electrons. The lowest BCUT2D eigenvalue weighted by molar-refractivity contribution is 0.241. The minimum absolute atomic E-state index is 0.351. The Balaban J connectivity index is 1.63. The van der Waals surface area contributed by atoms with Gasteiger partial charge in [-0.15, -0.1) is 11.3 Å². The van der Waals surface area contributed by atoms with E-state index in [0.29, 0.717) is 18.3 Å². The number of nitrogens with zero attached hydrogens (tertiary/aromatic N) is 1. The highest BCUT2D eigenvalue weighted by atomic mass is 79.9. The Kier molecular flexibility index (Phi) is 5.52. The predicted octanol–water partition coefficient (Wildman–Crippen LogP) is 4.14. The molecule has 0 bridgehead atoms. The second-order valence-corrected chi connectivity index (χ2v) is 7.57. The molecule has 1 aromatic heterocycles. The first-order valence-corrected chi connectivity index (χ1v) is 9.37. The summed E-state index contributed by atoms with van der Waals surface area (Å²) in [6, 6.07) is 10.4. The molecule has 1 atom stereocenters. The van der Waals surface area contributed by atoms with Crippen molar-refractivity contribution in [1.29, 1.82) is 0 Å². The van der Waals surface area contributed by atoms with Gasteiger partial charge in [0, 0.05) is 28.0 Å². The van der Waals surface area contributed by atoms with E-state index in [0.717, 1.165) is 16.6 Å². The number of benzene rings is 1. The van der Waals surface area contributed by atoms with E-state index < -0.39 is 0 Å². The summed E-state index contributed by atoms with van der Waals surface area (Å²) in [7, 11) is 0. The number of hydrogen-bond donors (Lipinski definition) is 2. The first kappa shape index (κ1) is 16.0. The maximum absolute atomic E-state index is 9.93. The first-order chi connectivity index (χ1) is 10.7. The van der Waals surface area contributed by atoms with Gasteiger partial charge in [-0.3, -0.25) is 4.90 Å². The monoisotopic (exact) mass is 380 g/mol. The number of likely N-dealkylation sites (tertiary alicyclic amines) is 1. The maximum atomic E-state index is 9.93. The summed E-state index contributed by atoms with van der Waals surface area (Å²) < 4.78 is 0.997. The van der Waals surface area contributed by atoms with E-state index in [2.05, 4.69) is 43.7 Å². The number of thiophene rings is 1. The van der Waals surface area contributed by atoms with Gasteiger partial charge in [-0.1, -0.05) is 22.0 Å². The Morgan fingerprint density at radius 2 is 2.09 bits per heavy atom. The lowest BCUT2D eigenvalue weighted by Crippen LogP contribution is -2.33. The Morgan fingerprint density at radius 1 is 1.27 bits per heavy atom. The lowest BCUT2D eigenvalue weighted by Gasteiger charge is -2.27.